The molecule has 0 radical (unpaired) electrons. The van der Waals surface area contributed by atoms with E-state index in [1.807, 2.05) is 0 Å². The van der Waals surface area contributed by atoms with Gasteiger partial charge in [0, 0.05) is 33.6 Å². The van der Waals surface area contributed by atoms with Crippen molar-refractivity contribution in [3.05, 3.63) is 22.0 Å². The van der Waals surface area contributed by atoms with E-state index >= 15 is 8.78 Å². The third-order valence-corrected chi connectivity index (χ3v) is 11.9. The lowest BCUT2D eigenvalue weighted by atomic mass is 9.52. The fourth-order valence-electron chi connectivity index (χ4n) is 9.11. The molecule has 220 valence electrons. The summed E-state index contributed by atoms with van der Waals surface area (Å²) in [5, 5.41) is -5.11. The third-order valence-electron chi connectivity index (χ3n) is 10.0. The maximum Gasteiger partial charge on any atom is 0.536 e. The molecule has 6 bridgehead atoms. The number of hydrogen-bond acceptors (Lipinski definition) is 9. The molecule has 14 heteroatoms. The smallest absolute Gasteiger partial charge is 0.454 e. The first-order chi connectivity index (χ1) is 18.6. The molecule has 7 aliphatic rings. The van der Waals surface area contributed by atoms with Gasteiger partial charge in [-0.05, 0) is 77.0 Å². The Morgan fingerprint density at radius 2 is 1.50 bits per heavy atom. The molecule has 40 heavy (non-hydrogen) atoms. The van der Waals surface area contributed by atoms with E-state index in [1.54, 1.807) is 0 Å². The van der Waals surface area contributed by atoms with Crippen LogP contribution in [-0.2, 0) is 33.6 Å². The highest BCUT2D eigenvalue weighted by Crippen LogP contribution is 2.61. The number of nitroso groups, excluding NO2 is 2. The summed E-state index contributed by atoms with van der Waals surface area (Å²) < 4.78 is 74.0. The van der Waals surface area contributed by atoms with Gasteiger partial charge in [0.05, 0.1) is 15.1 Å². The van der Waals surface area contributed by atoms with Crippen LogP contribution in [0.3, 0.4) is 0 Å². The highest BCUT2D eigenvalue weighted by atomic mass is 32.2. The summed E-state index contributed by atoms with van der Waals surface area (Å²) >= 11 is 0. The quantitative estimate of drug-likeness (QED) is 0.181. The highest BCUT2D eigenvalue weighted by molar-refractivity contribution is 7.93. The van der Waals surface area contributed by atoms with E-state index in [0.29, 0.717) is 32.1 Å². The highest BCUT2D eigenvalue weighted by Gasteiger charge is 2.82. The Morgan fingerprint density at radius 3 is 2.02 bits per heavy atom. The minimum Gasteiger partial charge on any atom is -0.454 e. The maximum atomic E-state index is 15.5. The van der Waals surface area contributed by atoms with Crippen LogP contribution in [0.4, 0.5) is 8.78 Å². The van der Waals surface area contributed by atoms with E-state index in [1.165, 1.54) is 13.8 Å². The number of sulfone groups is 1. The van der Waals surface area contributed by atoms with E-state index in [-0.39, 0.29) is 58.0 Å². The second-order valence-corrected chi connectivity index (χ2v) is 15.0. The Kier molecular flexibility index (Phi) is 6.13. The molecule has 1 heterocycles. The van der Waals surface area contributed by atoms with Crippen molar-refractivity contribution < 1.29 is 50.5 Å². The first-order valence-corrected chi connectivity index (χ1v) is 15.4. The van der Waals surface area contributed by atoms with Crippen LogP contribution in [0.2, 0.25) is 0 Å². The molecule has 0 aromatic carbocycles. The molecule has 7 rings (SSSR count). The molecule has 0 aromatic heterocycles. The molecule has 0 N–H and O–H groups in total. The molecular formula is C26H34F2N2O9S+2. The van der Waals surface area contributed by atoms with Crippen molar-refractivity contribution in [2.45, 2.75) is 112 Å². The predicted molar refractivity (Wildman–Crippen MR) is 131 cm³/mol. The van der Waals surface area contributed by atoms with Gasteiger partial charge >= 0.3 is 32.5 Å². The Bertz CT molecular complexity index is 1270. The number of halogens is 2. The number of hydrogen-bond donors (Lipinski definition) is 0. The largest absolute Gasteiger partial charge is 0.536 e. The molecule has 6 aliphatic carbocycles. The van der Waals surface area contributed by atoms with Crippen LogP contribution in [0.15, 0.2) is 12.2 Å². The summed E-state index contributed by atoms with van der Waals surface area (Å²) in [4.78, 5) is 50.8. The number of fused-ring (bicyclic) bond motifs is 5. The topological polar surface area (TPSA) is 136 Å². The van der Waals surface area contributed by atoms with Crippen molar-refractivity contribution in [2.24, 2.45) is 23.7 Å². The van der Waals surface area contributed by atoms with Gasteiger partial charge in [0.25, 0.3) is 12.1 Å². The molecule has 1 saturated heterocycles. The molecule has 7 fully saturated rings. The predicted octanol–water partition coefficient (Wildman–Crippen LogP) is 3.13. The number of rotatable bonds is 8. The van der Waals surface area contributed by atoms with E-state index < -0.39 is 62.1 Å². The summed E-state index contributed by atoms with van der Waals surface area (Å²) in [5.74, 6) is -3.44. The van der Waals surface area contributed by atoms with Crippen molar-refractivity contribution in [3.8, 4) is 0 Å². The van der Waals surface area contributed by atoms with Gasteiger partial charge in [0.15, 0.2) is 0 Å². The number of alkyl halides is 2. The number of carbonyl (C=O) groups excluding carboxylic acids is 2. The lowest BCUT2D eigenvalue weighted by Crippen LogP contribution is -2.63. The summed E-state index contributed by atoms with van der Waals surface area (Å²) in [6.45, 7) is 6.55. The standard InChI is InChI=1S/C26H34F2N2O9S/c1-13(2)21(31)37-14(3)38-24-8-15-6-16(9-24)11-25(10-15,12-24)39-22(32)26(27,28)40(35,36)23-29(33)19-17-4-5-18(7-17)20(19)30(23)34/h14-20,23H,1,4-12H2,2-3H3/q+2. The van der Waals surface area contributed by atoms with Gasteiger partial charge < -0.3 is 14.2 Å². The van der Waals surface area contributed by atoms with Gasteiger partial charge in [-0.25, -0.2) is 18.0 Å². The lowest BCUT2D eigenvalue weighted by molar-refractivity contribution is -0.716. The van der Waals surface area contributed by atoms with Gasteiger partial charge in [-0.15, -0.1) is 0 Å². The van der Waals surface area contributed by atoms with Crippen molar-refractivity contribution >= 4 is 21.8 Å². The Morgan fingerprint density at radius 1 is 0.975 bits per heavy atom. The first-order valence-electron chi connectivity index (χ1n) is 13.9. The first kappa shape index (κ1) is 27.8. The maximum absolute atomic E-state index is 15.5. The zero-order valence-corrected chi connectivity index (χ0v) is 23.2. The molecule has 11 nitrogen and oxygen atoms in total. The van der Waals surface area contributed by atoms with Crippen molar-refractivity contribution in [1.29, 1.82) is 0 Å². The molecule has 0 aromatic rings. The zero-order chi connectivity index (χ0) is 29.0. The summed E-state index contributed by atoms with van der Waals surface area (Å²) in [6.07, 6.45) is 3.29. The van der Waals surface area contributed by atoms with Crippen LogP contribution >= 0.6 is 0 Å². The molecule has 0 spiro atoms. The van der Waals surface area contributed by atoms with Crippen LogP contribution < -0.4 is 0 Å². The average molecular weight is 589 g/mol. The Balaban J connectivity index is 1.21. The summed E-state index contributed by atoms with van der Waals surface area (Å²) in [7, 11) is -5.91. The minimum absolute atomic E-state index is 0.0257. The van der Waals surface area contributed by atoms with Crippen molar-refractivity contribution in [2.75, 3.05) is 0 Å². The van der Waals surface area contributed by atoms with Crippen LogP contribution in [0.25, 0.3) is 0 Å². The van der Waals surface area contributed by atoms with Gasteiger partial charge in [-0.1, -0.05) is 6.58 Å². The van der Waals surface area contributed by atoms with Crippen LogP contribution in [0.1, 0.15) is 71.6 Å². The Hall–Kier alpha value is -2.35. The molecule has 6 saturated carbocycles. The van der Waals surface area contributed by atoms with Crippen LogP contribution in [0, 0.1) is 33.5 Å². The van der Waals surface area contributed by atoms with E-state index in [4.69, 9.17) is 14.2 Å². The molecular weight excluding hydrogens is 554 g/mol. The minimum atomic E-state index is -5.91. The zero-order valence-electron chi connectivity index (χ0n) is 22.4. The van der Waals surface area contributed by atoms with Crippen LogP contribution in [0.5, 0.6) is 0 Å². The van der Waals surface area contributed by atoms with Crippen LogP contribution in [-0.4, -0.2) is 70.2 Å². The van der Waals surface area contributed by atoms with E-state index in [0.717, 1.165) is 6.42 Å². The van der Waals surface area contributed by atoms with Gasteiger partial charge in [0.2, 0.25) is 6.29 Å². The molecule has 7 unspecified atom stereocenters. The van der Waals surface area contributed by atoms with Crippen molar-refractivity contribution in [1.82, 2.24) is 0 Å². The number of esters is 2. The molecule has 0 amide bonds. The molecule has 1 aliphatic heterocycles. The second kappa shape index (κ2) is 8.83. The number of nitrogens with zero attached hydrogens (tertiary/aromatic N) is 2. The van der Waals surface area contributed by atoms with E-state index in [2.05, 4.69) is 6.58 Å². The summed E-state index contributed by atoms with van der Waals surface area (Å²) in [5.41, 5.74) is -4.84. The van der Waals surface area contributed by atoms with Gasteiger partial charge in [-0.3, -0.25) is 0 Å². The number of carbonyl (C=O) groups is 2. The Labute approximate surface area is 230 Å². The van der Waals surface area contributed by atoms with E-state index in [9.17, 15) is 27.8 Å². The third kappa shape index (κ3) is 3.98. The SMILES string of the molecule is C=C(C)C(=O)OC(C)OC12CC3CC(CC(OC(=O)C(F)(F)S(=O)(=O)C4[N+](=O)C5C6CCC(C6)C5[N+]4=O)(C3)C1)C2. The number of ether oxygens (including phenoxy) is 3. The monoisotopic (exact) mass is 588 g/mol. The normalized spacial score (nSPS) is 42.1. The molecule has 7 atom stereocenters. The fourth-order valence-corrected chi connectivity index (χ4v) is 10.5. The van der Waals surface area contributed by atoms with Crippen molar-refractivity contribution in [3.63, 3.8) is 0 Å². The van der Waals surface area contributed by atoms with Gasteiger partial charge in [-0.2, -0.15) is 8.78 Å². The van der Waals surface area contributed by atoms with Gasteiger partial charge in [0.1, 0.15) is 5.60 Å². The second-order valence-electron chi connectivity index (χ2n) is 13.0. The lowest BCUT2D eigenvalue weighted by Gasteiger charge is -2.60. The fraction of sp³-hybridized carbons (Fsp3) is 0.846. The summed E-state index contributed by atoms with van der Waals surface area (Å²) in [6, 6.07) is -1.96. The average Bonchev–Trinajstić information content (AvgIpc) is 3.50.